The fourth-order valence-electron chi connectivity index (χ4n) is 2.49. The van der Waals surface area contributed by atoms with Crippen molar-refractivity contribution in [3.8, 4) is 0 Å². The summed E-state index contributed by atoms with van der Waals surface area (Å²) in [6.07, 6.45) is 0.676. The van der Waals surface area contributed by atoms with Gasteiger partial charge in [0.25, 0.3) is 0 Å². The van der Waals surface area contributed by atoms with Gasteiger partial charge in [-0.1, -0.05) is 6.92 Å². The van der Waals surface area contributed by atoms with Gasteiger partial charge in [0.1, 0.15) is 5.54 Å². The summed E-state index contributed by atoms with van der Waals surface area (Å²) in [5, 5.41) is 13.5. The Morgan fingerprint density at radius 2 is 2.33 bits per heavy atom. The monoisotopic (exact) mass is 209 g/mol. The molecule has 2 atom stereocenters. The molecule has 1 aromatic rings. The molecule has 15 heavy (non-hydrogen) atoms. The van der Waals surface area contributed by atoms with Gasteiger partial charge in [0, 0.05) is 18.3 Å². The molecule has 0 saturated heterocycles. The lowest BCUT2D eigenvalue weighted by atomic mass is 9.85. The first-order chi connectivity index (χ1) is 6.89. The average Bonchev–Trinajstić information content (AvgIpc) is 2.54. The third-order valence-electron chi connectivity index (χ3n) is 3.39. The smallest absolute Gasteiger partial charge is 0.328 e. The predicted molar refractivity (Wildman–Crippen MR) is 54.3 cm³/mol. The number of aromatic nitrogens is 2. The zero-order valence-corrected chi connectivity index (χ0v) is 9.11. The number of aliphatic carboxylic acids is 1. The Labute approximate surface area is 87.9 Å². The maximum atomic E-state index is 11.3. The minimum atomic E-state index is -1.27. The van der Waals surface area contributed by atoms with Gasteiger partial charge in [0.2, 0.25) is 0 Å². The van der Waals surface area contributed by atoms with Gasteiger partial charge in [-0.25, -0.2) is 4.79 Å². The van der Waals surface area contributed by atoms with Crippen molar-refractivity contribution in [2.24, 2.45) is 18.7 Å². The summed E-state index contributed by atoms with van der Waals surface area (Å²) in [4.78, 5) is 11.3. The summed E-state index contributed by atoms with van der Waals surface area (Å²) in [5.74, 6) is -1.06. The molecule has 1 aliphatic carbocycles. The van der Waals surface area contributed by atoms with E-state index in [9.17, 15) is 9.90 Å². The molecule has 3 N–H and O–H groups in total. The highest BCUT2D eigenvalue weighted by molar-refractivity contribution is 5.83. The number of rotatable bonds is 1. The van der Waals surface area contributed by atoms with E-state index in [1.54, 1.807) is 11.6 Å². The highest BCUT2D eigenvalue weighted by atomic mass is 16.4. The molecule has 2 unspecified atom stereocenters. The highest BCUT2D eigenvalue weighted by Crippen LogP contribution is 2.41. The molecule has 82 valence electrons. The Balaban J connectivity index is 2.68. The van der Waals surface area contributed by atoms with Gasteiger partial charge >= 0.3 is 5.97 Å². The molecule has 0 fully saturated rings. The Morgan fingerprint density at radius 3 is 2.87 bits per heavy atom. The molecule has 0 aliphatic heterocycles. The standard InChI is InChI=1S/C10H15N3O2/c1-5-4-7-8(6(2)12-13(7)3)10(5,11)9(14)15/h5H,4,11H2,1-3H3,(H,14,15). The van der Waals surface area contributed by atoms with Crippen LogP contribution in [0.5, 0.6) is 0 Å². The van der Waals surface area contributed by atoms with Gasteiger partial charge in [-0.3, -0.25) is 4.68 Å². The van der Waals surface area contributed by atoms with Crippen molar-refractivity contribution in [1.29, 1.82) is 0 Å². The van der Waals surface area contributed by atoms with Crippen LogP contribution in [0.4, 0.5) is 0 Å². The van der Waals surface area contributed by atoms with Crippen molar-refractivity contribution in [1.82, 2.24) is 9.78 Å². The van der Waals surface area contributed by atoms with E-state index in [2.05, 4.69) is 5.10 Å². The maximum absolute atomic E-state index is 11.3. The van der Waals surface area contributed by atoms with E-state index >= 15 is 0 Å². The molecular weight excluding hydrogens is 194 g/mol. The largest absolute Gasteiger partial charge is 0.480 e. The average molecular weight is 209 g/mol. The van der Waals surface area contributed by atoms with Crippen LogP contribution in [0.25, 0.3) is 0 Å². The summed E-state index contributed by atoms with van der Waals surface area (Å²) in [6.45, 7) is 3.68. The molecule has 0 amide bonds. The van der Waals surface area contributed by atoms with E-state index in [1.807, 2.05) is 14.0 Å². The molecule has 1 heterocycles. The van der Waals surface area contributed by atoms with Crippen LogP contribution in [-0.2, 0) is 23.8 Å². The molecule has 5 nitrogen and oxygen atoms in total. The predicted octanol–water partition coefficient (Wildman–Crippen LogP) is 0.159. The van der Waals surface area contributed by atoms with Crippen molar-refractivity contribution < 1.29 is 9.90 Å². The number of carboxylic acids is 1. The van der Waals surface area contributed by atoms with Crippen molar-refractivity contribution in [3.63, 3.8) is 0 Å². The summed E-state index contributed by atoms with van der Waals surface area (Å²) in [6, 6.07) is 0. The lowest BCUT2D eigenvalue weighted by molar-refractivity contribution is -0.145. The van der Waals surface area contributed by atoms with Crippen molar-refractivity contribution in [2.45, 2.75) is 25.8 Å². The van der Waals surface area contributed by atoms with Gasteiger partial charge in [-0.2, -0.15) is 5.10 Å². The first kappa shape index (κ1) is 10.2. The molecule has 0 radical (unpaired) electrons. The number of aryl methyl sites for hydroxylation is 2. The molecular formula is C10H15N3O2. The second-order valence-electron chi connectivity index (χ2n) is 4.31. The van der Waals surface area contributed by atoms with E-state index in [4.69, 9.17) is 5.73 Å². The third-order valence-corrected chi connectivity index (χ3v) is 3.39. The van der Waals surface area contributed by atoms with E-state index < -0.39 is 11.5 Å². The van der Waals surface area contributed by atoms with Crippen LogP contribution < -0.4 is 5.73 Å². The summed E-state index contributed by atoms with van der Waals surface area (Å²) in [7, 11) is 1.83. The summed E-state index contributed by atoms with van der Waals surface area (Å²) in [5.41, 5.74) is 7.12. The molecule has 2 rings (SSSR count). The van der Waals surface area contributed by atoms with E-state index in [0.29, 0.717) is 12.0 Å². The zero-order valence-electron chi connectivity index (χ0n) is 9.11. The Kier molecular flexibility index (Phi) is 1.91. The first-order valence-electron chi connectivity index (χ1n) is 4.94. The Bertz CT molecular complexity index is 438. The fraction of sp³-hybridized carbons (Fsp3) is 0.600. The molecule has 0 bridgehead atoms. The Morgan fingerprint density at radius 1 is 1.73 bits per heavy atom. The molecule has 0 spiro atoms. The number of fused-ring (bicyclic) bond motifs is 1. The molecule has 0 saturated carbocycles. The second kappa shape index (κ2) is 2.82. The second-order valence-corrected chi connectivity index (χ2v) is 4.31. The summed E-state index contributed by atoms with van der Waals surface area (Å²) < 4.78 is 1.73. The lowest BCUT2D eigenvalue weighted by Gasteiger charge is -2.24. The maximum Gasteiger partial charge on any atom is 0.328 e. The third kappa shape index (κ3) is 1.07. The first-order valence-corrected chi connectivity index (χ1v) is 4.94. The van der Waals surface area contributed by atoms with Gasteiger partial charge in [-0.15, -0.1) is 0 Å². The van der Waals surface area contributed by atoms with Crippen LogP contribution in [0.3, 0.4) is 0 Å². The molecule has 1 aliphatic rings. The van der Waals surface area contributed by atoms with Crippen LogP contribution in [0.2, 0.25) is 0 Å². The summed E-state index contributed by atoms with van der Waals surface area (Å²) >= 11 is 0. The van der Waals surface area contributed by atoms with Gasteiger partial charge < -0.3 is 10.8 Å². The minimum Gasteiger partial charge on any atom is -0.480 e. The van der Waals surface area contributed by atoms with Gasteiger partial charge in [0.15, 0.2) is 0 Å². The van der Waals surface area contributed by atoms with E-state index in [1.165, 1.54) is 0 Å². The number of hydrogen-bond acceptors (Lipinski definition) is 3. The van der Waals surface area contributed by atoms with Crippen molar-refractivity contribution >= 4 is 5.97 Å². The van der Waals surface area contributed by atoms with E-state index in [0.717, 1.165) is 11.4 Å². The fourth-order valence-corrected chi connectivity index (χ4v) is 2.49. The number of nitrogens with zero attached hydrogens (tertiary/aromatic N) is 2. The van der Waals surface area contributed by atoms with E-state index in [-0.39, 0.29) is 5.92 Å². The lowest BCUT2D eigenvalue weighted by Crippen LogP contribution is -2.48. The van der Waals surface area contributed by atoms with Crippen molar-refractivity contribution in [3.05, 3.63) is 17.0 Å². The SMILES string of the molecule is Cc1nn(C)c2c1C(N)(C(=O)O)C(C)C2. The van der Waals surface area contributed by atoms with Crippen LogP contribution in [0, 0.1) is 12.8 Å². The van der Waals surface area contributed by atoms with Gasteiger partial charge in [0.05, 0.1) is 5.69 Å². The van der Waals surface area contributed by atoms with Crippen molar-refractivity contribution in [2.75, 3.05) is 0 Å². The molecule has 1 aromatic heterocycles. The zero-order chi connectivity index (χ0) is 11.4. The minimum absolute atomic E-state index is 0.0899. The molecule has 5 heteroatoms. The van der Waals surface area contributed by atoms with Crippen LogP contribution in [0.15, 0.2) is 0 Å². The Hall–Kier alpha value is -1.36. The molecule has 0 aromatic carbocycles. The number of hydrogen-bond donors (Lipinski definition) is 2. The van der Waals surface area contributed by atoms with Crippen LogP contribution in [-0.4, -0.2) is 20.9 Å². The van der Waals surface area contributed by atoms with Gasteiger partial charge in [-0.05, 0) is 19.3 Å². The number of carboxylic acid groups (broad SMARTS) is 1. The quantitative estimate of drug-likeness (QED) is 0.690. The highest BCUT2D eigenvalue weighted by Gasteiger charge is 2.50. The number of nitrogens with two attached hydrogens (primary N) is 1. The normalized spacial score (nSPS) is 29.2. The van der Waals surface area contributed by atoms with Crippen LogP contribution >= 0.6 is 0 Å². The topological polar surface area (TPSA) is 81.1 Å². The van der Waals surface area contributed by atoms with Crippen LogP contribution in [0.1, 0.15) is 23.9 Å². The number of carbonyl (C=O) groups is 1.